The number of hydrogen-bond donors (Lipinski definition) is 1. The normalized spacial score (nSPS) is 16.7. The van der Waals surface area contributed by atoms with Crippen molar-refractivity contribution in [2.75, 3.05) is 6.61 Å². The molecule has 0 amide bonds. The molecule has 1 saturated carbocycles. The fourth-order valence-corrected chi connectivity index (χ4v) is 2.37. The van der Waals surface area contributed by atoms with E-state index in [1.807, 2.05) is 6.07 Å². The number of rotatable bonds is 6. The van der Waals surface area contributed by atoms with Gasteiger partial charge in [0.1, 0.15) is 5.75 Å². The smallest absolute Gasteiger partial charge is 0.141 e. The van der Waals surface area contributed by atoms with Crippen LogP contribution in [0.5, 0.6) is 5.75 Å². The number of halogens is 1. The van der Waals surface area contributed by atoms with E-state index in [0.29, 0.717) is 5.02 Å². The Kier molecular flexibility index (Phi) is 4.52. The summed E-state index contributed by atoms with van der Waals surface area (Å²) in [6, 6.07) is 4.28. The van der Waals surface area contributed by atoms with Gasteiger partial charge in [-0.25, -0.2) is 0 Å². The summed E-state index contributed by atoms with van der Waals surface area (Å²) in [4.78, 5) is 0. The van der Waals surface area contributed by atoms with Crippen LogP contribution in [-0.4, -0.2) is 12.6 Å². The molecule has 2 N–H and O–H groups in total. The minimum atomic E-state index is 0.172. The Balaban J connectivity index is 2.16. The van der Waals surface area contributed by atoms with Crippen LogP contribution in [0.3, 0.4) is 0 Å². The maximum atomic E-state index is 6.30. The van der Waals surface area contributed by atoms with Gasteiger partial charge in [-0.15, -0.1) is 0 Å². The Morgan fingerprint density at radius 2 is 2.17 bits per heavy atom. The van der Waals surface area contributed by atoms with Gasteiger partial charge in [-0.2, -0.15) is 0 Å². The van der Waals surface area contributed by atoms with Crippen LogP contribution >= 0.6 is 11.6 Å². The van der Waals surface area contributed by atoms with Crippen molar-refractivity contribution in [3.8, 4) is 5.75 Å². The van der Waals surface area contributed by atoms with Gasteiger partial charge in [0.05, 0.1) is 11.6 Å². The average molecular weight is 268 g/mol. The largest absolute Gasteiger partial charge is 0.491 e. The van der Waals surface area contributed by atoms with Crippen molar-refractivity contribution < 1.29 is 4.74 Å². The van der Waals surface area contributed by atoms with Crippen molar-refractivity contribution in [2.24, 2.45) is 11.7 Å². The summed E-state index contributed by atoms with van der Waals surface area (Å²) in [5.41, 5.74) is 8.36. The first-order chi connectivity index (χ1) is 8.60. The van der Waals surface area contributed by atoms with Crippen molar-refractivity contribution in [1.29, 1.82) is 0 Å². The fourth-order valence-electron chi connectivity index (χ4n) is 2.03. The van der Waals surface area contributed by atoms with E-state index in [4.69, 9.17) is 22.1 Å². The molecule has 0 radical (unpaired) electrons. The van der Waals surface area contributed by atoms with Crippen molar-refractivity contribution in [3.63, 3.8) is 0 Å². The molecule has 18 heavy (non-hydrogen) atoms. The highest BCUT2D eigenvalue weighted by atomic mass is 35.5. The molecule has 1 unspecified atom stereocenters. The highest BCUT2D eigenvalue weighted by Gasteiger charge is 2.23. The van der Waals surface area contributed by atoms with Crippen molar-refractivity contribution >= 4 is 11.6 Å². The monoisotopic (exact) mass is 267 g/mol. The third-order valence-corrected chi connectivity index (χ3v) is 3.71. The maximum Gasteiger partial charge on any atom is 0.141 e. The van der Waals surface area contributed by atoms with Crippen LogP contribution in [0.15, 0.2) is 12.1 Å². The molecule has 1 aromatic rings. The van der Waals surface area contributed by atoms with Crippen LogP contribution in [0.2, 0.25) is 5.02 Å². The molecule has 0 bridgehead atoms. The SMILES string of the molecule is CCC(N)Cc1cc(C)cc(Cl)c1OCC1CC1. The van der Waals surface area contributed by atoms with Gasteiger partial charge in [-0.3, -0.25) is 0 Å². The molecule has 2 rings (SSSR count). The number of nitrogens with two attached hydrogens (primary N) is 1. The Hall–Kier alpha value is -0.730. The predicted octanol–water partition coefficient (Wildman–Crippen LogP) is 3.72. The second-order valence-electron chi connectivity index (χ2n) is 5.36. The lowest BCUT2D eigenvalue weighted by Crippen LogP contribution is -2.22. The predicted molar refractivity (Wildman–Crippen MR) is 76.4 cm³/mol. The Morgan fingerprint density at radius 3 is 2.78 bits per heavy atom. The van der Waals surface area contributed by atoms with Gasteiger partial charge >= 0.3 is 0 Å². The highest BCUT2D eigenvalue weighted by Crippen LogP contribution is 2.35. The van der Waals surface area contributed by atoms with E-state index in [1.165, 1.54) is 12.8 Å². The summed E-state index contributed by atoms with van der Waals surface area (Å²) in [6.07, 6.45) is 4.37. The second-order valence-corrected chi connectivity index (χ2v) is 5.77. The molecule has 0 saturated heterocycles. The van der Waals surface area contributed by atoms with Crippen LogP contribution in [0.25, 0.3) is 0 Å². The molecular weight excluding hydrogens is 246 g/mol. The van der Waals surface area contributed by atoms with E-state index in [0.717, 1.165) is 42.2 Å². The van der Waals surface area contributed by atoms with E-state index in [-0.39, 0.29) is 6.04 Å². The summed E-state index contributed by atoms with van der Waals surface area (Å²) in [5, 5.41) is 0.717. The molecule has 1 aliphatic carbocycles. The van der Waals surface area contributed by atoms with Gasteiger partial charge in [-0.05, 0) is 55.7 Å². The van der Waals surface area contributed by atoms with Crippen molar-refractivity contribution in [3.05, 3.63) is 28.3 Å². The zero-order chi connectivity index (χ0) is 13.1. The highest BCUT2D eigenvalue weighted by molar-refractivity contribution is 6.32. The summed E-state index contributed by atoms with van der Waals surface area (Å²) in [5.74, 6) is 1.58. The van der Waals surface area contributed by atoms with E-state index in [2.05, 4.69) is 19.9 Å². The number of hydrogen-bond acceptors (Lipinski definition) is 2. The molecule has 3 heteroatoms. The van der Waals surface area contributed by atoms with Gasteiger partial charge in [-0.1, -0.05) is 24.6 Å². The quantitative estimate of drug-likeness (QED) is 0.853. The lowest BCUT2D eigenvalue weighted by atomic mass is 10.0. The molecule has 0 aliphatic heterocycles. The Labute approximate surface area is 114 Å². The molecule has 1 fully saturated rings. The van der Waals surface area contributed by atoms with E-state index in [9.17, 15) is 0 Å². The summed E-state index contributed by atoms with van der Waals surface area (Å²) >= 11 is 6.30. The van der Waals surface area contributed by atoms with Crippen molar-refractivity contribution in [1.82, 2.24) is 0 Å². The van der Waals surface area contributed by atoms with Gasteiger partial charge in [0.2, 0.25) is 0 Å². The first-order valence-electron chi connectivity index (χ1n) is 6.77. The van der Waals surface area contributed by atoms with Crippen LogP contribution in [-0.2, 0) is 6.42 Å². The minimum absolute atomic E-state index is 0.172. The topological polar surface area (TPSA) is 35.2 Å². The molecule has 1 aliphatic rings. The first kappa shape index (κ1) is 13.7. The van der Waals surface area contributed by atoms with Crippen LogP contribution in [0.1, 0.15) is 37.3 Å². The van der Waals surface area contributed by atoms with Gasteiger partial charge < -0.3 is 10.5 Å². The van der Waals surface area contributed by atoms with E-state index < -0.39 is 0 Å². The lowest BCUT2D eigenvalue weighted by molar-refractivity contribution is 0.296. The second kappa shape index (κ2) is 5.94. The van der Waals surface area contributed by atoms with Gasteiger partial charge in [0, 0.05) is 6.04 Å². The maximum absolute atomic E-state index is 6.30. The summed E-state index contributed by atoms with van der Waals surface area (Å²) < 4.78 is 5.90. The number of ether oxygens (including phenoxy) is 1. The standard InChI is InChI=1S/C15H22ClNO/c1-3-13(17)8-12-6-10(2)7-14(16)15(12)18-9-11-4-5-11/h6-7,11,13H,3-5,8-9,17H2,1-2H3. The number of benzene rings is 1. The van der Waals surface area contributed by atoms with Gasteiger partial charge in [0.25, 0.3) is 0 Å². The van der Waals surface area contributed by atoms with Crippen LogP contribution < -0.4 is 10.5 Å². The third-order valence-electron chi connectivity index (χ3n) is 3.43. The average Bonchev–Trinajstić information content (AvgIpc) is 3.11. The van der Waals surface area contributed by atoms with Gasteiger partial charge in [0.15, 0.2) is 0 Å². The molecule has 2 nitrogen and oxygen atoms in total. The summed E-state index contributed by atoms with van der Waals surface area (Å²) in [6.45, 7) is 4.95. The van der Waals surface area contributed by atoms with Crippen molar-refractivity contribution in [2.45, 2.75) is 45.6 Å². The lowest BCUT2D eigenvalue weighted by Gasteiger charge is -2.16. The van der Waals surface area contributed by atoms with E-state index >= 15 is 0 Å². The van der Waals surface area contributed by atoms with Crippen LogP contribution in [0.4, 0.5) is 0 Å². The number of aryl methyl sites for hydroxylation is 1. The zero-order valence-corrected chi connectivity index (χ0v) is 12.0. The van der Waals surface area contributed by atoms with E-state index in [1.54, 1.807) is 0 Å². The summed E-state index contributed by atoms with van der Waals surface area (Å²) in [7, 11) is 0. The third kappa shape index (κ3) is 3.63. The molecule has 100 valence electrons. The molecule has 0 aromatic heterocycles. The molecule has 1 atom stereocenters. The van der Waals surface area contributed by atoms with Crippen LogP contribution in [0, 0.1) is 12.8 Å². The Bertz CT molecular complexity index is 415. The fraction of sp³-hybridized carbons (Fsp3) is 0.600. The zero-order valence-electron chi connectivity index (χ0n) is 11.2. The Morgan fingerprint density at radius 1 is 1.44 bits per heavy atom. The minimum Gasteiger partial charge on any atom is -0.491 e. The first-order valence-corrected chi connectivity index (χ1v) is 7.15. The molecule has 0 heterocycles. The molecule has 1 aromatic carbocycles. The molecular formula is C15H22ClNO. The molecule has 0 spiro atoms.